The molecule has 1 amide bonds. The minimum atomic E-state index is -0.247. The first-order chi connectivity index (χ1) is 10.7. The number of anilines is 1. The third kappa shape index (κ3) is 2.22. The number of carbonyl (C=O) groups is 1. The van der Waals surface area contributed by atoms with Crippen molar-refractivity contribution in [3.63, 3.8) is 0 Å². The lowest BCUT2D eigenvalue weighted by Gasteiger charge is -2.05. The van der Waals surface area contributed by atoms with Gasteiger partial charge < -0.3 is 14.5 Å². The standard InChI is InChI=1S/C18H15NO3/c1-11-8-13-9-14(6-7-16(13)21-11)19-18(20)17-10-12-4-2-3-5-15(12)22-17/h2-7,9-11H,8H2,1H3,(H,19,20). The second-order valence-electron chi connectivity index (χ2n) is 5.56. The molecule has 22 heavy (non-hydrogen) atoms. The Hall–Kier alpha value is -2.75. The van der Waals surface area contributed by atoms with E-state index in [4.69, 9.17) is 9.15 Å². The minimum Gasteiger partial charge on any atom is -0.490 e. The number of rotatable bonds is 2. The van der Waals surface area contributed by atoms with Crippen LogP contribution in [0.4, 0.5) is 5.69 Å². The number of fused-ring (bicyclic) bond motifs is 2. The molecule has 1 atom stereocenters. The monoisotopic (exact) mass is 293 g/mol. The van der Waals surface area contributed by atoms with Crippen LogP contribution in [-0.4, -0.2) is 12.0 Å². The average molecular weight is 293 g/mol. The largest absolute Gasteiger partial charge is 0.490 e. The molecule has 0 radical (unpaired) electrons. The molecule has 4 nitrogen and oxygen atoms in total. The van der Waals surface area contributed by atoms with E-state index >= 15 is 0 Å². The van der Waals surface area contributed by atoms with E-state index in [1.807, 2.05) is 49.4 Å². The third-order valence-corrected chi connectivity index (χ3v) is 3.80. The Kier molecular flexibility index (Phi) is 2.89. The molecule has 0 spiro atoms. The fraction of sp³-hybridized carbons (Fsp3) is 0.167. The lowest BCUT2D eigenvalue weighted by atomic mass is 10.1. The number of carbonyl (C=O) groups excluding carboxylic acids is 1. The van der Waals surface area contributed by atoms with Crippen LogP contribution in [0.25, 0.3) is 11.0 Å². The summed E-state index contributed by atoms with van der Waals surface area (Å²) in [5.41, 5.74) is 2.58. The fourth-order valence-electron chi connectivity index (χ4n) is 2.79. The van der Waals surface area contributed by atoms with Gasteiger partial charge in [-0.3, -0.25) is 4.79 Å². The number of amides is 1. The van der Waals surface area contributed by atoms with Gasteiger partial charge in [-0.05, 0) is 42.8 Å². The van der Waals surface area contributed by atoms with Crippen LogP contribution in [0.1, 0.15) is 23.0 Å². The summed E-state index contributed by atoms with van der Waals surface area (Å²) < 4.78 is 11.2. The van der Waals surface area contributed by atoms with Gasteiger partial charge in [0.2, 0.25) is 0 Å². The number of hydrogen-bond acceptors (Lipinski definition) is 3. The molecule has 4 heteroatoms. The zero-order valence-corrected chi connectivity index (χ0v) is 12.1. The molecule has 2 heterocycles. The van der Waals surface area contributed by atoms with E-state index in [-0.39, 0.29) is 12.0 Å². The van der Waals surface area contributed by atoms with Crippen LogP contribution in [0.2, 0.25) is 0 Å². The van der Waals surface area contributed by atoms with E-state index in [2.05, 4.69) is 5.32 Å². The van der Waals surface area contributed by atoms with Crippen LogP contribution in [0.5, 0.6) is 5.75 Å². The number of furan rings is 1. The zero-order valence-electron chi connectivity index (χ0n) is 12.1. The lowest BCUT2D eigenvalue weighted by molar-refractivity contribution is 0.0998. The number of para-hydroxylation sites is 1. The SMILES string of the molecule is CC1Cc2cc(NC(=O)c3cc4ccccc4o3)ccc2O1. The molecule has 110 valence electrons. The van der Waals surface area contributed by atoms with Gasteiger partial charge in [-0.25, -0.2) is 0 Å². The van der Waals surface area contributed by atoms with E-state index < -0.39 is 0 Å². The van der Waals surface area contributed by atoms with Gasteiger partial charge in [0, 0.05) is 17.5 Å². The first kappa shape index (κ1) is 13.0. The quantitative estimate of drug-likeness (QED) is 0.776. The van der Waals surface area contributed by atoms with Crippen molar-refractivity contribution in [2.75, 3.05) is 5.32 Å². The van der Waals surface area contributed by atoms with Crippen molar-refractivity contribution in [1.29, 1.82) is 0 Å². The summed E-state index contributed by atoms with van der Waals surface area (Å²) >= 11 is 0. The van der Waals surface area contributed by atoms with Gasteiger partial charge in [0.05, 0.1) is 0 Å². The molecule has 0 fully saturated rings. The van der Waals surface area contributed by atoms with Crippen molar-refractivity contribution in [2.45, 2.75) is 19.4 Å². The Labute approximate surface area is 127 Å². The molecule has 1 aliphatic rings. The summed E-state index contributed by atoms with van der Waals surface area (Å²) in [5.74, 6) is 0.962. The van der Waals surface area contributed by atoms with Gasteiger partial charge in [0.25, 0.3) is 5.91 Å². The highest BCUT2D eigenvalue weighted by atomic mass is 16.5. The Morgan fingerprint density at radius 1 is 1.18 bits per heavy atom. The Bertz CT molecular complexity index is 833. The Morgan fingerprint density at radius 3 is 2.91 bits per heavy atom. The van der Waals surface area contributed by atoms with Crippen LogP contribution in [0.15, 0.2) is 52.9 Å². The number of benzene rings is 2. The number of hydrogen-bond donors (Lipinski definition) is 1. The van der Waals surface area contributed by atoms with Crippen molar-refractivity contribution >= 4 is 22.6 Å². The van der Waals surface area contributed by atoms with Crippen molar-refractivity contribution in [3.05, 3.63) is 59.9 Å². The molecule has 1 aliphatic heterocycles. The minimum absolute atomic E-state index is 0.191. The average Bonchev–Trinajstić information content (AvgIpc) is 3.08. The molecular weight excluding hydrogens is 278 g/mol. The second-order valence-corrected chi connectivity index (χ2v) is 5.56. The molecule has 0 saturated heterocycles. The smallest absolute Gasteiger partial charge is 0.291 e. The highest BCUT2D eigenvalue weighted by Gasteiger charge is 2.20. The lowest BCUT2D eigenvalue weighted by Crippen LogP contribution is -2.10. The van der Waals surface area contributed by atoms with Gasteiger partial charge in [0.15, 0.2) is 5.76 Å². The van der Waals surface area contributed by atoms with Crippen LogP contribution in [0, 0.1) is 0 Å². The molecule has 0 bridgehead atoms. The highest BCUT2D eigenvalue weighted by molar-refractivity contribution is 6.04. The normalized spacial score (nSPS) is 16.3. The molecule has 0 saturated carbocycles. The van der Waals surface area contributed by atoms with Crippen molar-refractivity contribution < 1.29 is 13.9 Å². The third-order valence-electron chi connectivity index (χ3n) is 3.80. The Balaban J connectivity index is 1.58. The maximum absolute atomic E-state index is 12.3. The summed E-state index contributed by atoms with van der Waals surface area (Å²) in [6.45, 7) is 2.03. The molecule has 2 aromatic carbocycles. The maximum atomic E-state index is 12.3. The summed E-state index contributed by atoms with van der Waals surface area (Å²) in [6.07, 6.45) is 1.06. The molecular formula is C18H15NO3. The summed E-state index contributed by atoms with van der Waals surface area (Å²) in [5, 5.41) is 3.80. The zero-order chi connectivity index (χ0) is 15.1. The van der Waals surface area contributed by atoms with Crippen LogP contribution < -0.4 is 10.1 Å². The molecule has 1 unspecified atom stereocenters. The van der Waals surface area contributed by atoms with Gasteiger partial charge >= 0.3 is 0 Å². The van der Waals surface area contributed by atoms with Crippen molar-refractivity contribution in [3.8, 4) is 5.75 Å². The number of ether oxygens (including phenoxy) is 1. The maximum Gasteiger partial charge on any atom is 0.291 e. The van der Waals surface area contributed by atoms with Gasteiger partial charge in [0.1, 0.15) is 17.4 Å². The summed E-state index contributed by atoms with van der Waals surface area (Å²) in [6, 6.07) is 15.0. The first-order valence-corrected chi connectivity index (χ1v) is 7.28. The van der Waals surface area contributed by atoms with Gasteiger partial charge in [-0.15, -0.1) is 0 Å². The summed E-state index contributed by atoms with van der Waals surface area (Å²) in [4.78, 5) is 12.3. The molecule has 1 N–H and O–H groups in total. The van der Waals surface area contributed by atoms with Crippen LogP contribution in [0.3, 0.4) is 0 Å². The molecule has 1 aromatic heterocycles. The van der Waals surface area contributed by atoms with E-state index in [0.717, 1.165) is 28.8 Å². The number of nitrogens with one attached hydrogen (secondary N) is 1. The summed E-state index contributed by atoms with van der Waals surface area (Å²) in [7, 11) is 0. The second kappa shape index (κ2) is 4.91. The fourth-order valence-corrected chi connectivity index (χ4v) is 2.79. The van der Waals surface area contributed by atoms with Crippen molar-refractivity contribution in [2.24, 2.45) is 0 Å². The molecule has 3 aromatic rings. The van der Waals surface area contributed by atoms with Gasteiger partial charge in [-0.1, -0.05) is 18.2 Å². The highest BCUT2D eigenvalue weighted by Crippen LogP contribution is 2.31. The molecule has 0 aliphatic carbocycles. The van der Waals surface area contributed by atoms with Crippen LogP contribution >= 0.6 is 0 Å². The van der Waals surface area contributed by atoms with E-state index in [1.54, 1.807) is 6.07 Å². The first-order valence-electron chi connectivity index (χ1n) is 7.28. The van der Waals surface area contributed by atoms with E-state index in [1.165, 1.54) is 0 Å². The van der Waals surface area contributed by atoms with Crippen LogP contribution in [-0.2, 0) is 6.42 Å². The van der Waals surface area contributed by atoms with Gasteiger partial charge in [-0.2, -0.15) is 0 Å². The topological polar surface area (TPSA) is 51.5 Å². The van der Waals surface area contributed by atoms with E-state index in [0.29, 0.717) is 11.3 Å². The predicted octanol–water partition coefficient (Wildman–Crippen LogP) is 4.01. The van der Waals surface area contributed by atoms with Crippen molar-refractivity contribution in [1.82, 2.24) is 0 Å². The molecule has 4 rings (SSSR count). The predicted molar refractivity (Wildman–Crippen MR) is 84.4 cm³/mol. The Morgan fingerprint density at radius 2 is 2.05 bits per heavy atom. The van der Waals surface area contributed by atoms with E-state index in [9.17, 15) is 4.79 Å².